The van der Waals surface area contributed by atoms with E-state index in [0.717, 1.165) is 47.1 Å². The first-order valence-electron chi connectivity index (χ1n) is 17.8. The first-order valence-corrected chi connectivity index (χ1v) is 17.8. The van der Waals surface area contributed by atoms with Crippen molar-refractivity contribution < 1.29 is 33.4 Å². The van der Waals surface area contributed by atoms with Gasteiger partial charge in [0.25, 0.3) is 0 Å². The minimum Gasteiger partial charge on any atom is -0.449 e. The minimum absolute atomic E-state index is 0.0530. The molecule has 2 fully saturated rings. The third kappa shape index (κ3) is 8.34. The normalized spacial score (nSPS) is 19.3. The van der Waals surface area contributed by atoms with Gasteiger partial charge in [0.05, 0.1) is 19.2 Å². The molecule has 3 amide bonds. The highest BCUT2D eigenvalue weighted by molar-refractivity contribution is 5.97. The van der Waals surface area contributed by atoms with Gasteiger partial charge in [-0.1, -0.05) is 93.6 Å². The van der Waals surface area contributed by atoms with Crippen LogP contribution in [0, 0.1) is 17.8 Å². The maximum absolute atomic E-state index is 13.3. The number of ketones is 1. The third-order valence-corrected chi connectivity index (χ3v) is 10.2. The van der Waals surface area contributed by atoms with Crippen LogP contribution >= 0.6 is 0 Å². The predicted octanol–water partition coefficient (Wildman–Crippen LogP) is 7.43. The number of ether oxygens (including phenoxy) is 3. The zero-order valence-electron chi connectivity index (χ0n) is 29.6. The lowest BCUT2D eigenvalue weighted by atomic mass is 9.93. The van der Waals surface area contributed by atoms with Crippen LogP contribution in [0.5, 0.6) is 0 Å². The molecule has 1 aliphatic heterocycles. The zero-order chi connectivity index (χ0) is 36.1. The van der Waals surface area contributed by atoms with Crippen LogP contribution in [0.4, 0.5) is 15.3 Å². The summed E-state index contributed by atoms with van der Waals surface area (Å²) in [5.74, 6) is -1.26. The van der Waals surface area contributed by atoms with Crippen LogP contribution in [0.15, 0.2) is 84.9 Å². The molecule has 3 aromatic carbocycles. The van der Waals surface area contributed by atoms with E-state index in [2.05, 4.69) is 41.5 Å². The van der Waals surface area contributed by atoms with Gasteiger partial charge in [-0.25, -0.2) is 9.59 Å². The van der Waals surface area contributed by atoms with Gasteiger partial charge in [-0.3, -0.25) is 14.5 Å². The maximum atomic E-state index is 13.3. The van der Waals surface area contributed by atoms with E-state index in [1.54, 1.807) is 36.1 Å². The Bertz CT molecular complexity index is 1730. The summed E-state index contributed by atoms with van der Waals surface area (Å²) in [6.07, 6.45) is 1.39. The lowest BCUT2D eigenvalue weighted by molar-refractivity contribution is -0.127. The number of fused-ring (bicyclic) bond motifs is 3. The van der Waals surface area contributed by atoms with E-state index < -0.39 is 24.1 Å². The maximum Gasteiger partial charge on any atom is 0.412 e. The Morgan fingerprint density at radius 3 is 2.22 bits per heavy atom. The van der Waals surface area contributed by atoms with Crippen molar-refractivity contribution in [1.82, 2.24) is 10.2 Å². The number of carbonyl (C=O) groups is 4. The van der Waals surface area contributed by atoms with Gasteiger partial charge >= 0.3 is 12.2 Å². The molecule has 3 aliphatic rings. The van der Waals surface area contributed by atoms with Gasteiger partial charge < -0.3 is 24.8 Å². The molecule has 0 spiro atoms. The molecule has 51 heavy (non-hydrogen) atoms. The first-order chi connectivity index (χ1) is 24.6. The van der Waals surface area contributed by atoms with Crippen LogP contribution in [0.25, 0.3) is 11.1 Å². The number of amides is 3. The number of nitrogens with zero attached hydrogens (tertiary/aromatic N) is 1. The molecule has 10 nitrogen and oxygen atoms in total. The molecule has 6 rings (SSSR count). The number of benzene rings is 3. The summed E-state index contributed by atoms with van der Waals surface area (Å²) < 4.78 is 17.1. The second kappa shape index (κ2) is 15.9. The van der Waals surface area contributed by atoms with Gasteiger partial charge in [-0.15, -0.1) is 0 Å². The van der Waals surface area contributed by atoms with Crippen molar-refractivity contribution in [3.8, 4) is 11.1 Å². The van der Waals surface area contributed by atoms with Crippen molar-refractivity contribution in [2.45, 2.75) is 71.2 Å². The Labute approximate surface area is 299 Å². The molecular formula is C41H47N3O7. The van der Waals surface area contributed by atoms with Crippen LogP contribution in [-0.2, 0) is 30.4 Å². The topological polar surface area (TPSA) is 123 Å². The fourth-order valence-corrected chi connectivity index (χ4v) is 7.37. The van der Waals surface area contributed by atoms with Crippen LogP contribution in [0.3, 0.4) is 0 Å². The molecular weight excluding hydrogens is 646 g/mol. The van der Waals surface area contributed by atoms with Crippen molar-refractivity contribution in [2.24, 2.45) is 17.8 Å². The van der Waals surface area contributed by atoms with Crippen LogP contribution in [0.1, 0.15) is 69.1 Å². The lowest BCUT2D eigenvalue weighted by Gasteiger charge is -2.27. The lowest BCUT2D eigenvalue weighted by Crippen LogP contribution is -2.45. The molecule has 1 saturated carbocycles. The Hall–Kier alpha value is -4.96. The largest absolute Gasteiger partial charge is 0.449 e. The summed E-state index contributed by atoms with van der Waals surface area (Å²) in [5, 5.41) is 5.61. The standard InChI is InChI=1S/C41H47N3O7/c1-25(2)37(43-40(47)50-24-35-33-11-7-5-9-31(33)32-10-6-8-12-34(32)35)36(45)22-27(4)38(46)42-30-17-14-28(15-18-30)23-51-41(48)44-19-20-49-39(44)29-16-13-26(3)21-29/h5-12,14-15,17-18,25,27,29,35,37,39H,3,13,16,19-24H2,1-2,4H3,(H,42,46)(H,43,47)/t27-,29+,37+,39?/m1/s1. The van der Waals surface area contributed by atoms with E-state index in [4.69, 9.17) is 14.2 Å². The average Bonchev–Trinajstić information content (AvgIpc) is 3.86. The molecule has 10 heteroatoms. The van der Waals surface area contributed by atoms with Crippen LogP contribution in [0.2, 0.25) is 0 Å². The van der Waals surface area contributed by atoms with Gasteiger partial charge in [0, 0.05) is 29.9 Å². The van der Waals surface area contributed by atoms with Crippen LogP contribution in [-0.4, -0.2) is 60.8 Å². The average molecular weight is 694 g/mol. The summed E-state index contributed by atoms with van der Waals surface area (Å²) in [6.45, 7) is 10.7. The van der Waals surface area contributed by atoms with Crippen molar-refractivity contribution in [1.29, 1.82) is 0 Å². The summed E-state index contributed by atoms with van der Waals surface area (Å²) in [6, 6.07) is 22.4. The highest BCUT2D eigenvalue weighted by Gasteiger charge is 2.39. The molecule has 3 aromatic rings. The Morgan fingerprint density at radius 1 is 0.922 bits per heavy atom. The van der Waals surface area contributed by atoms with Crippen molar-refractivity contribution in [2.75, 3.05) is 25.1 Å². The Morgan fingerprint density at radius 2 is 1.59 bits per heavy atom. The van der Waals surface area contributed by atoms with E-state index >= 15 is 0 Å². The molecule has 1 unspecified atom stereocenters. The predicted molar refractivity (Wildman–Crippen MR) is 194 cm³/mol. The summed E-state index contributed by atoms with van der Waals surface area (Å²) in [4.78, 5) is 53.9. The first kappa shape index (κ1) is 35.9. The van der Waals surface area contributed by atoms with Crippen LogP contribution < -0.4 is 10.6 Å². The van der Waals surface area contributed by atoms with Gasteiger partial charge in [0.15, 0.2) is 5.78 Å². The number of alkyl carbamates (subject to hydrolysis) is 1. The van der Waals surface area contributed by atoms with Crippen molar-refractivity contribution in [3.05, 3.63) is 102 Å². The van der Waals surface area contributed by atoms with Gasteiger partial charge in [-0.2, -0.15) is 0 Å². The number of hydrogen-bond acceptors (Lipinski definition) is 7. The molecule has 2 N–H and O–H groups in total. The number of Topliss-reactive ketones (excluding diaryl/α,β-unsaturated/α-hetero) is 1. The quantitative estimate of drug-likeness (QED) is 0.189. The summed E-state index contributed by atoms with van der Waals surface area (Å²) in [5.41, 5.74) is 7.00. The molecule has 268 valence electrons. The number of hydrogen-bond donors (Lipinski definition) is 2. The van der Waals surface area contributed by atoms with Crippen molar-refractivity contribution >= 4 is 29.6 Å². The fraction of sp³-hybridized carbons (Fsp3) is 0.415. The molecule has 1 heterocycles. The number of carbonyl (C=O) groups excluding carboxylic acids is 4. The summed E-state index contributed by atoms with van der Waals surface area (Å²) in [7, 11) is 0. The van der Waals surface area contributed by atoms with E-state index in [0.29, 0.717) is 18.8 Å². The minimum atomic E-state index is -0.807. The van der Waals surface area contributed by atoms with Gasteiger partial charge in [-0.05, 0) is 65.1 Å². The molecule has 4 atom stereocenters. The molecule has 0 aromatic heterocycles. The molecule has 2 aliphatic carbocycles. The van der Waals surface area contributed by atoms with E-state index in [1.165, 1.54) is 5.57 Å². The smallest absolute Gasteiger partial charge is 0.412 e. The SMILES string of the molecule is C=C1CC[C@H](C2OCCN2C(=O)OCc2ccc(NC(=O)[C@H](C)CC(=O)[C@@H](NC(=O)OCC3c4ccccc4-c4ccccc43)C(C)C)cc2)C1. The molecule has 0 bridgehead atoms. The second-order valence-corrected chi connectivity index (χ2v) is 14.2. The Kier molecular flexibility index (Phi) is 11.2. The highest BCUT2D eigenvalue weighted by Crippen LogP contribution is 2.44. The third-order valence-electron chi connectivity index (χ3n) is 10.2. The monoisotopic (exact) mass is 693 g/mol. The highest BCUT2D eigenvalue weighted by atomic mass is 16.6. The molecule has 1 saturated heterocycles. The van der Waals surface area contributed by atoms with E-state index in [-0.39, 0.29) is 55.3 Å². The van der Waals surface area contributed by atoms with Crippen molar-refractivity contribution in [3.63, 3.8) is 0 Å². The number of allylic oxidation sites excluding steroid dienone is 1. The van der Waals surface area contributed by atoms with Gasteiger partial charge in [0.1, 0.15) is 19.4 Å². The fourth-order valence-electron chi connectivity index (χ4n) is 7.37. The zero-order valence-corrected chi connectivity index (χ0v) is 29.6. The number of anilines is 1. The Balaban J connectivity index is 0.955. The van der Waals surface area contributed by atoms with E-state index in [9.17, 15) is 19.2 Å². The number of rotatable bonds is 12. The van der Waals surface area contributed by atoms with Gasteiger partial charge in [0.2, 0.25) is 5.91 Å². The number of nitrogens with one attached hydrogen (secondary N) is 2. The summed E-state index contributed by atoms with van der Waals surface area (Å²) >= 11 is 0. The second-order valence-electron chi connectivity index (χ2n) is 14.2. The van der Waals surface area contributed by atoms with E-state index in [1.807, 2.05) is 38.1 Å². The molecule has 0 radical (unpaired) electrons.